The first-order valence-electron chi connectivity index (χ1n) is 12.1. The summed E-state index contributed by atoms with van der Waals surface area (Å²) in [5, 5.41) is 6.32. The van der Waals surface area contributed by atoms with Crippen LogP contribution in [0.3, 0.4) is 0 Å². The fraction of sp³-hybridized carbons (Fsp3) is 0.818. The van der Waals surface area contributed by atoms with E-state index in [-0.39, 0.29) is 26.4 Å². The maximum Gasteiger partial charge on any atom is 0.303 e. The maximum atomic E-state index is 11.9. The van der Waals surface area contributed by atoms with Crippen molar-refractivity contribution < 1.29 is 57.1 Å². The molecule has 1 rings (SSSR count). The lowest BCUT2D eigenvalue weighted by molar-refractivity contribution is -0.279. The number of rotatable bonds is 19. The van der Waals surface area contributed by atoms with Gasteiger partial charge in [-0.05, 0) is 0 Å². The Labute approximate surface area is 237 Å². The van der Waals surface area contributed by atoms with Gasteiger partial charge in [0.25, 0.3) is 0 Å². The number of carbonyl (C=O) groups excluding carboxylic acids is 4. The van der Waals surface area contributed by atoms with Crippen LogP contribution in [0.5, 0.6) is 0 Å². The molecule has 0 aromatic rings. The van der Waals surface area contributed by atoms with Crippen LogP contribution in [0.25, 0.3) is 3.56 Å². The molecule has 1 aliphatic heterocycles. The van der Waals surface area contributed by atoms with Gasteiger partial charge in [0.15, 0.2) is 18.5 Å². The third-order valence-electron chi connectivity index (χ3n) is 4.75. The van der Waals surface area contributed by atoms with E-state index < -0.39 is 75.8 Å². The topological polar surface area (TPSA) is 201 Å². The van der Waals surface area contributed by atoms with E-state index in [0.717, 1.165) is 13.8 Å². The van der Waals surface area contributed by atoms with Gasteiger partial charge < -0.3 is 46.8 Å². The van der Waals surface area contributed by atoms with E-state index in [2.05, 4.69) is 13.8 Å². The molecule has 0 saturated carbocycles. The molecule has 1 fully saturated rings. The summed E-state index contributed by atoms with van der Waals surface area (Å²) in [6, 6.07) is -1.04. The molecular formula is C22H36IN4O12-. The first-order valence-corrected chi connectivity index (χ1v) is 14.0. The Morgan fingerprint density at radius 2 is 1.38 bits per heavy atom. The molecule has 0 bridgehead atoms. The van der Waals surface area contributed by atoms with Crippen LogP contribution >= 0.6 is 21.3 Å². The number of nitrogens with zero attached hydrogens (tertiary/aromatic N) is 3. The Balaban J connectivity index is 2.62. The lowest BCUT2D eigenvalue weighted by Gasteiger charge is -2.44. The predicted molar refractivity (Wildman–Crippen MR) is 140 cm³/mol. The molecule has 0 aliphatic carbocycles. The van der Waals surface area contributed by atoms with Gasteiger partial charge in [-0.3, -0.25) is 19.2 Å². The first-order chi connectivity index (χ1) is 18.6. The molecule has 0 unspecified atom stereocenters. The van der Waals surface area contributed by atoms with Gasteiger partial charge in [-0.2, -0.15) is 8.44 Å². The van der Waals surface area contributed by atoms with E-state index in [4.69, 9.17) is 41.5 Å². The second kappa shape index (κ2) is 20.7. The van der Waals surface area contributed by atoms with Crippen molar-refractivity contribution >= 4 is 45.1 Å². The monoisotopic (exact) mass is 675 g/mol. The van der Waals surface area contributed by atoms with Crippen molar-refractivity contribution in [1.82, 2.24) is 5.32 Å². The molecule has 1 aliphatic rings. The molecule has 0 radical (unpaired) electrons. The van der Waals surface area contributed by atoms with Gasteiger partial charge in [0.1, 0.15) is 18.8 Å². The number of nitrogens with one attached hydrogen (secondary N) is 1. The third kappa shape index (κ3) is 15.9. The number of halogens is 1. The zero-order chi connectivity index (χ0) is 29.0. The summed E-state index contributed by atoms with van der Waals surface area (Å²) in [6.07, 6.45) is -4.58. The number of hydrogen-bond acceptors (Lipinski definition) is 13. The van der Waals surface area contributed by atoms with E-state index in [1.54, 1.807) is 0 Å². The smallest absolute Gasteiger partial charge is 0.303 e. The van der Waals surface area contributed by atoms with E-state index >= 15 is 0 Å². The van der Waals surface area contributed by atoms with E-state index in [1.807, 2.05) is 0 Å². The number of ether oxygens (including phenoxy) is 8. The molecule has 1 heterocycles. The molecular weight excluding hydrogens is 639 g/mol. The molecule has 1 saturated heterocycles. The highest BCUT2D eigenvalue weighted by Crippen LogP contribution is 2.28. The predicted octanol–water partition coefficient (Wildman–Crippen LogP) is 0.800. The van der Waals surface area contributed by atoms with Crippen LogP contribution in [0.1, 0.15) is 27.7 Å². The largest absolute Gasteiger partial charge is 0.753 e. The van der Waals surface area contributed by atoms with Crippen molar-refractivity contribution in [3.05, 3.63) is 3.56 Å². The van der Waals surface area contributed by atoms with Crippen LogP contribution in [0.2, 0.25) is 0 Å². The lowest BCUT2D eigenvalue weighted by atomic mass is 9.96. The summed E-state index contributed by atoms with van der Waals surface area (Å²) in [4.78, 5) is 46.9. The minimum absolute atomic E-state index is 0.0276. The van der Waals surface area contributed by atoms with E-state index in [1.165, 1.54) is 13.8 Å². The van der Waals surface area contributed by atoms with Crippen LogP contribution < -0.4 is 5.32 Å². The lowest BCUT2D eigenvalue weighted by Crippen LogP contribution is -2.66. The van der Waals surface area contributed by atoms with Gasteiger partial charge in [-0.25, -0.2) is 0 Å². The highest BCUT2D eigenvalue weighted by molar-refractivity contribution is 14.2. The van der Waals surface area contributed by atoms with Crippen molar-refractivity contribution in [2.75, 3.05) is 59.4 Å². The van der Waals surface area contributed by atoms with Crippen LogP contribution in [-0.4, -0.2) is 114 Å². The van der Waals surface area contributed by atoms with Gasteiger partial charge in [-0.15, -0.1) is 21.3 Å². The van der Waals surface area contributed by atoms with Crippen molar-refractivity contribution in [2.45, 2.75) is 58.3 Å². The van der Waals surface area contributed by atoms with Gasteiger partial charge in [0.05, 0.1) is 52.8 Å². The molecule has 5 atom stereocenters. The SMILES string of the molecule is CC(=O)N[C@H]1[C@H](OCCOCCOCCOCCN=NI=[N-])O[C@H](COC(C)=O)[C@H](OC(C)=O)[C@@H]1OC(C)=O. The summed E-state index contributed by atoms with van der Waals surface area (Å²) in [5.41, 5.74) is 0. The van der Waals surface area contributed by atoms with Crippen molar-refractivity contribution in [3.8, 4) is 0 Å². The molecule has 1 N–H and O–H groups in total. The maximum absolute atomic E-state index is 11.9. The fourth-order valence-electron chi connectivity index (χ4n) is 3.37. The summed E-state index contributed by atoms with van der Waals surface area (Å²) < 4.78 is 55.7. The fourth-order valence-corrected chi connectivity index (χ4v) is 3.72. The number of carbonyl (C=O) groups is 4. The van der Waals surface area contributed by atoms with Crippen molar-refractivity contribution in [3.63, 3.8) is 0 Å². The average Bonchev–Trinajstić information content (AvgIpc) is 2.85. The molecule has 224 valence electrons. The second-order valence-corrected chi connectivity index (χ2v) is 8.81. The minimum atomic E-state index is -1.19. The summed E-state index contributed by atoms with van der Waals surface area (Å²) in [6.45, 7) is 6.73. The zero-order valence-electron chi connectivity index (χ0n) is 22.4. The normalized spacial score (nSPS) is 22.8. The van der Waals surface area contributed by atoms with Crippen LogP contribution in [0.4, 0.5) is 0 Å². The zero-order valence-corrected chi connectivity index (χ0v) is 24.5. The molecule has 16 nitrogen and oxygen atoms in total. The van der Waals surface area contributed by atoms with Crippen LogP contribution in [0.15, 0.2) is 8.44 Å². The Morgan fingerprint density at radius 1 is 0.821 bits per heavy atom. The highest BCUT2D eigenvalue weighted by atomic mass is 127. The van der Waals surface area contributed by atoms with Crippen LogP contribution in [-0.2, 0) is 57.1 Å². The molecule has 0 aromatic heterocycles. The minimum Gasteiger partial charge on any atom is -0.753 e. The van der Waals surface area contributed by atoms with Crippen molar-refractivity contribution in [2.24, 2.45) is 8.44 Å². The van der Waals surface area contributed by atoms with E-state index in [0.29, 0.717) is 33.0 Å². The van der Waals surface area contributed by atoms with Crippen LogP contribution in [0, 0.1) is 0 Å². The Hall–Kier alpha value is -2.19. The molecule has 1 amide bonds. The molecule has 17 heteroatoms. The first kappa shape index (κ1) is 34.8. The third-order valence-corrected chi connectivity index (χ3v) is 5.25. The average molecular weight is 675 g/mol. The van der Waals surface area contributed by atoms with Gasteiger partial charge in [-0.1, -0.05) is 0 Å². The quantitative estimate of drug-likeness (QED) is 0.0665. The number of hydrogen-bond donors (Lipinski definition) is 1. The Bertz CT molecular complexity index is 818. The standard InChI is InChI=1S/C22H36IN4O12/c1-14(28)26-19-21(38-17(4)31)20(37-16(3)30)18(13-36-15(2)29)39-22(19)35-12-11-34-10-9-33-8-7-32-6-5-25-27-23-24/h18-22H,5-13H2,1-4H3,(H,26,28)/q-1/t18-,19-,20+,21-,22-/m1/s1. The molecule has 39 heavy (non-hydrogen) atoms. The number of amides is 1. The van der Waals surface area contributed by atoms with Gasteiger partial charge in [0.2, 0.25) is 5.91 Å². The molecule has 0 spiro atoms. The Kier molecular flexibility index (Phi) is 18.5. The summed E-state index contributed by atoms with van der Waals surface area (Å²) in [7, 11) is 0. The van der Waals surface area contributed by atoms with Gasteiger partial charge in [0, 0.05) is 27.7 Å². The highest BCUT2D eigenvalue weighted by Gasteiger charge is 2.51. The Morgan fingerprint density at radius 3 is 1.92 bits per heavy atom. The summed E-state index contributed by atoms with van der Waals surface area (Å²) in [5.74, 6) is -2.45. The second-order valence-electron chi connectivity index (χ2n) is 7.94. The van der Waals surface area contributed by atoms with Gasteiger partial charge >= 0.3 is 17.9 Å². The molecule has 0 aromatic carbocycles. The number of esters is 3. The van der Waals surface area contributed by atoms with Crippen molar-refractivity contribution in [1.29, 1.82) is 0 Å². The van der Waals surface area contributed by atoms with E-state index in [9.17, 15) is 19.2 Å². The summed E-state index contributed by atoms with van der Waals surface area (Å²) >= 11 is -1.18.